The van der Waals surface area contributed by atoms with E-state index < -0.39 is 10.0 Å². The first-order chi connectivity index (χ1) is 9.50. The maximum absolute atomic E-state index is 12.6. The van der Waals surface area contributed by atoms with Crippen LogP contribution in [-0.2, 0) is 10.0 Å². The predicted octanol–water partition coefficient (Wildman–Crippen LogP) is 2.42. The van der Waals surface area contributed by atoms with Crippen molar-refractivity contribution in [1.82, 2.24) is 0 Å². The molecule has 0 saturated carbocycles. The van der Waals surface area contributed by atoms with Crippen molar-refractivity contribution in [2.24, 2.45) is 0 Å². The largest absolute Gasteiger partial charge is 0.397 e. The molecule has 0 unspecified atom stereocenters. The molecule has 20 heavy (non-hydrogen) atoms. The number of nitriles is 1. The molecule has 1 aromatic heterocycles. The van der Waals surface area contributed by atoms with Crippen LogP contribution in [0.25, 0.3) is 0 Å². The molecule has 1 aromatic carbocycles. The summed E-state index contributed by atoms with van der Waals surface area (Å²) in [5.41, 5.74) is 6.69. The van der Waals surface area contributed by atoms with Gasteiger partial charge < -0.3 is 5.73 Å². The second-order valence-corrected chi connectivity index (χ2v) is 7.13. The first kappa shape index (κ1) is 14.4. The summed E-state index contributed by atoms with van der Waals surface area (Å²) in [5.74, 6) is 0. The van der Waals surface area contributed by atoms with Gasteiger partial charge in [0, 0.05) is 6.54 Å². The number of anilines is 2. The zero-order valence-corrected chi connectivity index (χ0v) is 12.4. The molecular weight excluding hydrogens is 294 g/mol. The van der Waals surface area contributed by atoms with Gasteiger partial charge in [0.1, 0.15) is 15.2 Å². The third kappa shape index (κ3) is 2.48. The van der Waals surface area contributed by atoms with Gasteiger partial charge in [-0.1, -0.05) is 12.1 Å². The van der Waals surface area contributed by atoms with Crippen molar-refractivity contribution in [3.05, 3.63) is 41.3 Å². The highest BCUT2D eigenvalue weighted by Gasteiger charge is 2.26. The summed E-state index contributed by atoms with van der Waals surface area (Å²) in [4.78, 5) is 0.362. The molecule has 0 aliphatic rings. The van der Waals surface area contributed by atoms with E-state index in [4.69, 9.17) is 11.0 Å². The minimum absolute atomic E-state index is 0.138. The lowest BCUT2D eigenvalue weighted by molar-refractivity contribution is 0.594. The molecule has 2 rings (SSSR count). The lowest BCUT2D eigenvalue weighted by atomic mass is 10.3. The summed E-state index contributed by atoms with van der Waals surface area (Å²) < 4.78 is 26.6. The Balaban J connectivity index is 2.51. The highest BCUT2D eigenvalue weighted by molar-refractivity contribution is 7.94. The van der Waals surface area contributed by atoms with E-state index in [2.05, 4.69) is 0 Å². The minimum Gasteiger partial charge on any atom is -0.397 e. The zero-order valence-electron chi connectivity index (χ0n) is 10.8. The van der Waals surface area contributed by atoms with Crippen LogP contribution in [0.3, 0.4) is 0 Å². The Morgan fingerprint density at radius 1 is 1.30 bits per heavy atom. The number of benzene rings is 1. The molecule has 0 atom stereocenters. The van der Waals surface area contributed by atoms with Crippen LogP contribution >= 0.6 is 11.3 Å². The smallest absolute Gasteiger partial charge is 0.273 e. The van der Waals surface area contributed by atoms with Gasteiger partial charge in [0.2, 0.25) is 0 Å². The van der Waals surface area contributed by atoms with E-state index in [1.54, 1.807) is 31.2 Å². The lowest BCUT2D eigenvalue weighted by Crippen LogP contribution is -2.30. The Bertz CT molecular complexity index is 760. The van der Waals surface area contributed by atoms with Crippen molar-refractivity contribution in [3.63, 3.8) is 0 Å². The Hall–Kier alpha value is -2.04. The van der Waals surface area contributed by atoms with Crippen molar-refractivity contribution in [2.45, 2.75) is 11.1 Å². The number of rotatable bonds is 4. The first-order valence-electron chi connectivity index (χ1n) is 5.88. The van der Waals surface area contributed by atoms with Crippen LogP contribution in [-0.4, -0.2) is 15.0 Å². The summed E-state index contributed by atoms with van der Waals surface area (Å²) >= 11 is 0.952. The molecule has 1 heterocycles. The second kappa shape index (κ2) is 5.53. The molecule has 104 valence electrons. The van der Waals surface area contributed by atoms with Gasteiger partial charge in [-0.2, -0.15) is 5.26 Å². The van der Waals surface area contributed by atoms with Gasteiger partial charge in [0.15, 0.2) is 0 Å². The highest BCUT2D eigenvalue weighted by atomic mass is 32.2. The first-order valence-corrected chi connectivity index (χ1v) is 8.13. The molecule has 0 bridgehead atoms. The van der Waals surface area contributed by atoms with Crippen LogP contribution in [0.1, 0.15) is 11.8 Å². The Kier molecular flexibility index (Phi) is 3.97. The van der Waals surface area contributed by atoms with E-state index in [1.807, 2.05) is 6.07 Å². The van der Waals surface area contributed by atoms with E-state index in [1.165, 1.54) is 16.4 Å². The molecule has 0 spiro atoms. The normalized spacial score (nSPS) is 11.0. The zero-order chi connectivity index (χ0) is 14.8. The molecule has 0 amide bonds. The van der Waals surface area contributed by atoms with Crippen LogP contribution < -0.4 is 10.0 Å². The van der Waals surface area contributed by atoms with Gasteiger partial charge in [-0.15, -0.1) is 11.3 Å². The number of nitrogens with zero attached hydrogens (tertiary/aromatic N) is 2. The average Bonchev–Trinajstić information content (AvgIpc) is 2.91. The number of nitrogen functional groups attached to an aromatic ring is 1. The molecule has 5 nitrogen and oxygen atoms in total. The Morgan fingerprint density at radius 3 is 2.55 bits per heavy atom. The SMILES string of the molecule is CCN(c1ccccc1N)S(=O)(=O)c1ccc(C#N)s1. The summed E-state index contributed by atoms with van der Waals surface area (Å²) in [5, 5.41) is 8.81. The Labute approximate surface area is 121 Å². The van der Waals surface area contributed by atoms with Crippen LogP contribution in [0.4, 0.5) is 11.4 Å². The standard InChI is InChI=1S/C13H13N3O2S2/c1-2-16(12-6-4-3-5-11(12)15)20(17,18)13-8-7-10(9-14)19-13/h3-8H,2,15H2,1H3. The van der Waals surface area contributed by atoms with Gasteiger partial charge in [-0.05, 0) is 31.2 Å². The van der Waals surface area contributed by atoms with Crippen LogP contribution in [0.15, 0.2) is 40.6 Å². The summed E-state index contributed by atoms with van der Waals surface area (Å²) in [6.07, 6.45) is 0. The number of hydrogen-bond donors (Lipinski definition) is 1. The van der Waals surface area contributed by atoms with Crippen LogP contribution in [0.5, 0.6) is 0 Å². The second-order valence-electron chi connectivity index (χ2n) is 3.96. The summed E-state index contributed by atoms with van der Waals surface area (Å²) in [6.45, 7) is 2.00. The molecule has 0 saturated heterocycles. The van der Waals surface area contributed by atoms with Gasteiger partial charge in [-0.3, -0.25) is 4.31 Å². The average molecular weight is 307 g/mol. The van der Waals surface area contributed by atoms with E-state index >= 15 is 0 Å². The van der Waals surface area contributed by atoms with Crippen LogP contribution in [0.2, 0.25) is 0 Å². The van der Waals surface area contributed by atoms with Crippen molar-refractivity contribution < 1.29 is 8.42 Å². The lowest BCUT2D eigenvalue weighted by Gasteiger charge is -2.23. The minimum atomic E-state index is -3.70. The van der Waals surface area contributed by atoms with E-state index in [-0.39, 0.29) is 10.8 Å². The molecule has 2 N–H and O–H groups in total. The number of thiophene rings is 1. The number of sulfonamides is 1. The van der Waals surface area contributed by atoms with Crippen LogP contribution in [0, 0.1) is 11.3 Å². The molecule has 0 radical (unpaired) electrons. The quantitative estimate of drug-likeness (QED) is 0.879. The van der Waals surface area contributed by atoms with E-state index in [9.17, 15) is 8.42 Å². The maximum atomic E-state index is 12.6. The van der Waals surface area contributed by atoms with E-state index in [0.29, 0.717) is 16.3 Å². The van der Waals surface area contributed by atoms with Gasteiger partial charge >= 0.3 is 0 Å². The fraction of sp³-hybridized carbons (Fsp3) is 0.154. The fourth-order valence-electron chi connectivity index (χ4n) is 1.81. The summed E-state index contributed by atoms with van der Waals surface area (Å²) in [6, 6.07) is 11.7. The third-order valence-electron chi connectivity index (χ3n) is 2.73. The molecule has 0 aliphatic carbocycles. The van der Waals surface area contributed by atoms with Crippen molar-refractivity contribution in [1.29, 1.82) is 5.26 Å². The van der Waals surface area contributed by atoms with E-state index in [0.717, 1.165) is 11.3 Å². The monoisotopic (exact) mass is 307 g/mol. The number of hydrogen-bond acceptors (Lipinski definition) is 5. The molecule has 7 heteroatoms. The van der Waals surface area contributed by atoms with Gasteiger partial charge in [0.25, 0.3) is 10.0 Å². The molecule has 0 fully saturated rings. The number of nitrogens with two attached hydrogens (primary N) is 1. The topological polar surface area (TPSA) is 87.2 Å². The molecular formula is C13H13N3O2S2. The summed E-state index contributed by atoms with van der Waals surface area (Å²) in [7, 11) is -3.70. The molecule has 2 aromatic rings. The van der Waals surface area contributed by atoms with Gasteiger partial charge in [-0.25, -0.2) is 8.42 Å². The van der Waals surface area contributed by atoms with Crippen molar-refractivity contribution in [2.75, 3.05) is 16.6 Å². The molecule has 0 aliphatic heterocycles. The fourth-order valence-corrected chi connectivity index (χ4v) is 4.53. The highest BCUT2D eigenvalue weighted by Crippen LogP contribution is 2.31. The predicted molar refractivity (Wildman–Crippen MR) is 80.1 cm³/mol. The number of para-hydroxylation sites is 2. The third-order valence-corrected chi connectivity index (χ3v) is 6.07. The van der Waals surface area contributed by atoms with Crippen molar-refractivity contribution in [3.8, 4) is 6.07 Å². The van der Waals surface area contributed by atoms with Crippen molar-refractivity contribution >= 4 is 32.7 Å². The van der Waals surface area contributed by atoms with Gasteiger partial charge in [0.05, 0.1) is 11.4 Å². The Morgan fingerprint density at radius 2 is 2.00 bits per heavy atom. The maximum Gasteiger partial charge on any atom is 0.273 e.